The summed E-state index contributed by atoms with van der Waals surface area (Å²) in [5.41, 5.74) is 5.60. The van der Waals surface area contributed by atoms with Crippen LogP contribution >= 0.6 is 0 Å². The van der Waals surface area contributed by atoms with Gasteiger partial charge in [-0.1, -0.05) is 18.2 Å². The van der Waals surface area contributed by atoms with Gasteiger partial charge in [0.25, 0.3) is 5.91 Å². The molecule has 0 aliphatic carbocycles. The van der Waals surface area contributed by atoms with Crippen molar-refractivity contribution in [3.63, 3.8) is 0 Å². The molecule has 1 fully saturated rings. The van der Waals surface area contributed by atoms with E-state index in [9.17, 15) is 9.59 Å². The summed E-state index contributed by atoms with van der Waals surface area (Å²) in [4.78, 5) is 35.1. The fourth-order valence-corrected chi connectivity index (χ4v) is 5.97. The van der Waals surface area contributed by atoms with Gasteiger partial charge in [-0.25, -0.2) is 0 Å². The number of carbonyl (C=O) groups excluding carboxylic acids is 2. The lowest BCUT2D eigenvalue weighted by atomic mass is 10.0. The van der Waals surface area contributed by atoms with Crippen LogP contribution in [-0.4, -0.2) is 78.5 Å². The predicted molar refractivity (Wildman–Crippen MR) is 168 cm³/mol. The number of fused-ring (bicyclic) bond motifs is 2. The molecular formula is C34H39N5O3. The zero-order chi connectivity index (χ0) is 29.1. The molecule has 0 bridgehead atoms. The Kier molecular flexibility index (Phi) is 8.15. The van der Waals surface area contributed by atoms with Crippen molar-refractivity contribution in [3.05, 3.63) is 78.5 Å². The Morgan fingerprint density at radius 1 is 0.952 bits per heavy atom. The first kappa shape index (κ1) is 27.8. The van der Waals surface area contributed by atoms with Crippen LogP contribution in [0.25, 0.3) is 22.0 Å². The quantitative estimate of drug-likeness (QED) is 0.285. The Hall–Kier alpha value is -4.30. The maximum absolute atomic E-state index is 14.0. The third-order valence-corrected chi connectivity index (χ3v) is 8.41. The van der Waals surface area contributed by atoms with Crippen molar-refractivity contribution in [3.8, 4) is 16.9 Å². The van der Waals surface area contributed by atoms with Crippen LogP contribution in [0.5, 0.6) is 5.75 Å². The largest absolute Gasteiger partial charge is 0.493 e. The fourth-order valence-electron chi connectivity index (χ4n) is 5.97. The highest BCUT2D eigenvalue weighted by Crippen LogP contribution is 2.35. The molecular weight excluding hydrogens is 526 g/mol. The first-order valence-electron chi connectivity index (χ1n) is 15.0. The lowest BCUT2D eigenvalue weighted by molar-refractivity contribution is -0.130. The number of ether oxygens (including phenoxy) is 1. The van der Waals surface area contributed by atoms with Crippen LogP contribution in [0.4, 0.5) is 11.4 Å². The van der Waals surface area contributed by atoms with E-state index in [1.54, 1.807) is 6.92 Å². The SMILES string of the molecule is CC(=O)N1CCN(CCCOc2cc(C(=O)N3CC[C@H](C)Nc4ccccc43)ccc2-c2ccc3[nH]ccc3c2)CC1. The lowest BCUT2D eigenvalue weighted by Crippen LogP contribution is -2.48. The molecule has 2 aliphatic rings. The predicted octanol–water partition coefficient (Wildman–Crippen LogP) is 5.62. The van der Waals surface area contributed by atoms with Crippen LogP contribution in [0, 0.1) is 0 Å². The van der Waals surface area contributed by atoms with Crippen molar-refractivity contribution in [2.24, 2.45) is 0 Å². The minimum atomic E-state index is -0.0285. The van der Waals surface area contributed by atoms with Crippen LogP contribution in [-0.2, 0) is 4.79 Å². The van der Waals surface area contributed by atoms with Crippen molar-refractivity contribution >= 4 is 34.1 Å². The number of rotatable bonds is 7. The number of aromatic amines is 1. The van der Waals surface area contributed by atoms with Gasteiger partial charge in [0.1, 0.15) is 5.75 Å². The number of benzene rings is 3. The molecule has 2 amide bonds. The second-order valence-corrected chi connectivity index (χ2v) is 11.3. The Morgan fingerprint density at radius 2 is 1.79 bits per heavy atom. The molecule has 0 unspecified atom stereocenters. The van der Waals surface area contributed by atoms with E-state index >= 15 is 0 Å². The third kappa shape index (κ3) is 5.99. The summed E-state index contributed by atoms with van der Waals surface area (Å²) < 4.78 is 6.44. The first-order valence-corrected chi connectivity index (χ1v) is 15.0. The van der Waals surface area contributed by atoms with E-state index < -0.39 is 0 Å². The normalized spacial score (nSPS) is 17.4. The minimum Gasteiger partial charge on any atom is -0.493 e. The Labute approximate surface area is 247 Å². The fraction of sp³-hybridized carbons (Fsp3) is 0.353. The second kappa shape index (κ2) is 12.3. The molecule has 42 heavy (non-hydrogen) atoms. The summed E-state index contributed by atoms with van der Waals surface area (Å²) in [7, 11) is 0. The number of nitrogens with one attached hydrogen (secondary N) is 2. The van der Waals surface area contributed by atoms with Crippen LogP contribution in [0.3, 0.4) is 0 Å². The highest BCUT2D eigenvalue weighted by atomic mass is 16.5. The van der Waals surface area contributed by atoms with E-state index in [0.29, 0.717) is 24.5 Å². The van der Waals surface area contributed by atoms with Crippen LogP contribution in [0.1, 0.15) is 37.0 Å². The summed E-state index contributed by atoms with van der Waals surface area (Å²) in [6.07, 6.45) is 3.66. The van der Waals surface area contributed by atoms with Crippen molar-refractivity contribution < 1.29 is 14.3 Å². The number of carbonyl (C=O) groups is 2. The second-order valence-electron chi connectivity index (χ2n) is 11.3. The number of aromatic nitrogens is 1. The number of amides is 2. The van der Waals surface area contributed by atoms with Gasteiger partial charge < -0.3 is 24.8 Å². The molecule has 1 aromatic heterocycles. The molecule has 0 radical (unpaired) electrons. The molecule has 2 aliphatic heterocycles. The van der Waals surface area contributed by atoms with Gasteiger partial charge in [0.15, 0.2) is 0 Å². The van der Waals surface area contributed by atoms with Crippen LogP contribution in [0.2, 0.25) is 0 Å². The minimum absolute atomic E-state index is 0.0285. The van der Waals surface area contributed by atoms with Crippen LogP contribution in [0.15, 0.2) is 72.9 Å². The van der Waals surface area contributed by atoms with Crippen molar-refractivity contribution in [1.29, 1.82) is 0 Å². The van der Waals surface area contributed by atoms with Crippen LogP contribution < -0.4 is 15.0 Å². The molecule has 3 heterocycles. The van der Waals surface area contributed by atoms with E-state index in [0.717, 1.165) is 79.0 Å². The topological polar surface area (TPSA) is 80.9 Å². The van der Waals surface area contributed by atoms with Crippen molar-refractivity contribution in [2.75, 3.05) is 56.1 Å². The standard InChI is InChI=1S/C34H39N5O3/c1-24-13-16-39(32-7-4-3-6-31(32)36-24)34(41)28-8-10-29(26-9-11-30-27(22-26)12-14-35-30)33(23-28)42-21-5-15-37-17-19-38(20-18-37)25(2)40/h3-4,6-12,14,22-24,35-36H,5,13,15-21H2,1-2H3/t24-/m0/s1. The van der Waals surface area contributed by atoms with Gasteiger partial charge >= 0.3 is 0 Å². The van der Waals surface area contributed by atoms with Gasteiger partial charge in [-0.05, 0) is 79.2 Å². The van der Waals surface area contributed by atoms with Gasteiger partial charge in [-0.3, -0.25) is 14.5 Å². The summed E-state index contributed by atoms with van der Waals surface area (Å²) >= 11 is 0. The zero-order valence-electron chi connectivity index (χ0n) is 24.4. The Balaban J connectivity index is 1.23. The number of para-hydroxylation sites is 2. The molecule has 1 saturated heterocycles. The summed E-state index contributed by atoms with van der Waals surface area (Å²) in [6.45, 7) is 9.20. The molecule has 2 N–H and O–H groups in total. The number of piperazine rings is 1. The number of nitrogens with zero attached hydrogens (tertiary/aromatic N) is 3. The maximum atomic E-state index is 14.0. The average Bonchev–Trinajstić information content (AvgIpc) is 3.41. The Morgan fingerprint density at radius 3 is 2.62 bits per heavy atom. The van der Waals surface area contributed by atoms with Gasteiger partial charge in [0.05, 0.1) is 18.0 Å². The molecule has 8 heteroatoms. The maximum Gasteiger partial charge on any atom is 0.258 e. The molecule has 4 aromatic rings. The first-order chi connectivity index (χ1) is 20.5. The molecule has 8 nitrogen and oxygen atoms in total. The number of hydrogen-bond donors (Lipinski definition) is 2. The van der Waals surface area contributed by atoms with E-state index in [-0.39, 0.29) is 17.9 Å². The Bertz CT molecular complexity index is 1570. The van der Waals surface area contributed by atoms with Gasteiger partial charge in [0.2, 0.25) is 5.91 Å². The number of H-pyrrole nitrogens is 1. The molecule has 6 rings (SSSR count). The number of hydrogen-bond acceptors (Lipinski definition) is 5. The van der Waals surface area contributed by atoms with Crippen molar-refractivity contribution in [1.82, 2.24) is 14.8 Å². The summed E-state index contributed by atoms with van der Waals surface area (Å²) in [5.74, 6) is 0.832. The molecule has 3 aromatic carbocycles. The molecule has 0 saturated carbocycles. The highest BCUT2D eigenvalue weighted by molar-refractivity contribution is 6.08. The van der Waals surface area contributed by atoms with Gasteiger partial charge in [0, 0.05) is 75.1 Å². The van der Waals surface area contributed by atoms with Gasteiger partial charge in [-0.2, -0.15) is 0 Å². The number of anilines is 2. The summed E-state index contributed by atoms with van der Waals surface area (Å²) in [6, 6.07) is 22.5. The average molecular weight is 566 g/mol. The third-order valence-electron chi connectivity index (χ3n) is 8.41. The van der Waals surface area contributed by atoms with E-state index in [2.05, 4.69) is 46.4 Å². The smallest absolute Gasteiger partial charge is 0.258 e. The molecule has 1 atom stereocenters. The molecule has 0 spiro atoms. The highest BCUT2D eigenvalue weighted by Gasteiger charge is 2.25. The molecule has 218 valence electrons. The van der Waals surface area contributed by atoms with Crippen molar-refractivity contribution in [2.45, 2.75) is 32.7 Å². The zero-order valence-corrected chi connectivity index (χ0v) is 24.4. The van der Waals surface area contributed by atoms with Gasteiger partial charge in [-0.15, -0.1) is 0 Å². The summed E-state index contributed by atoms with van der Waals surface area (Å²) in [5, 5.41) is 4.67. The monoisotopic (exact) mass is 565 g/mol. The van der Waals surface area contributed by atoms with E-state index in [1.807, 2.05) is 58.5 Å². The van der Waals surface area contributed by atoms with E-state index in [1.165, 1.54) is 0 Å². The van der Waals surface area contributed by atoms with E-state index in [4.69, 9.17) is 4.74 Å². The lowest BCUT2D eigenvalue weighted by Gasteiger charge is -2.34.